The van der Waals surface area contributed by atoms with Gasteiger partial charge in [0.05, 0.1) is 24.4 Å². The number of nitrogens with zero attached hydrogens (tertiary/aromatic N) is 3. The number of carbonyl (C=O) groups excluding carboxylic acids is 1. The fourth-order valence-electron chi connectivity index (χ4n) is 1.89. The first kappa shape index (κ1) is 12.2. The summed E-state index contributed by atoms with van der Waals surface area (Å²) in [6, 6.07) is 0. The maximum absolute atomic E-state index is 10.9. The molecule has 0 radical (unpaired) electrons. The van der Waals surface area contributed by atoms with E-state index in [0.29, 0.717) is 24.4 Å². The third-order valence-electron chi connectivity index (χ3n) is 3.18. The van der Waals surface area contributed by atoms with Gasteiger partial charge >= 0.3 is 0 Å². The Labute approximate surface area is 99.6 Å². The minimum atomic E-state index is -0.418. The van der Waals surface area contributed by atoms with Crippen LogP contribution in [-0.2, 0) is 11.3 Å². The molecule has 6 nitrogen and oxygen atoms in total. The maximum atomic E-state index is 10.9. The summed E-state index contributed by atoms with van der Waals surface area (Å²) in [5, 5.41) is 17.6. The van der Waals surface area contributed by atoms with Crippen LogP contribution >= 0.6 is 0 Å². The molecule has 0 amide bonds. The van der Waals surface area contributed by atoms with Gasteiger partial charge in [-0.05, 0) is 25.7 Å². The zero-order chi connectivity index (χ0) is 12.4. The molecule has 1 fully saturated rings. The van der Waals surface area contributed by atoms with Gasteiger partial charge in [0.2, 0.25) is 0 Å². The number of rotatable bonds is 6. The van der Waals surface area contributed by atoms with Crippen molar-refractivity contribution in [2.45, 2.75) is 38.5 Å². The molecule has 1 aromatic heterocycles. The van der Waals surface area contributed by atoms with Gasteiger partial charge in [0.1, 0.15) is 0 Å². The number of aldehydes is 1. The molecule has 1 aliphatic rings. The Morgan fingerprint density at radius 1 is 1.65 bits per heavy atom. The van der Waals surface area contributed by atoms with Gasteiger partial charge in [-0.3, -0.25) is 4.79 Å². The molecule has 94 valence electrons. The quantitative estimate of drug-likeness (QED) is 0.734. The molecule has 0 bridgehead atoms. The van der Waals surface area contributed by atoms with E-state index in [1.807, 2.05) is 6.92 Å². The van der Waals surface area contributed by atoms with Crippen molar-refractivity contribution in [3.8, 4) is 0 Å². The molecule has 1 aromatic rings. The molecular formula is C11H17N3O3. The van der Waals surface area contributed by atoms with Crippen LogP contribution in [0.4, 0.5) is 0 Å². The number of aliphatic hydroxyl groups excluding tert-OH is 1. The maximum Gasteiger partial charge on any atom is 0.172 e. The number of hydrogen-bond acceptors (Lipinski definition) is 5. The average Bonchev–Trinajstić information content (AvgIpc) is 3.11. The van der Waals surface area contributed by atoms with E-state index in [1.54, 1.807) is 11.8 Å². The van der Waals surface area contributed by atoms with Crippen molar-refractivity contribution in [2.75, 3.05) is 7.11 Å². The van der Waals surface area contributed by atoms with Gasteiger partial charge in [0, 0.05) is 7.11 Å². The highest BCUT2D eigenvalue weighted by molar-refractivity contribution is 5.73. The van der Waals surface area contributed by atoms with Crippen molar-refractivity contribution in [3.63, 3.8) is 0 Å². The Morgan fingerprint density at radius 2 is 2.35 bits per heavy atom. The van der Waals surface area contributed by atoms with E-state index in [1.165, 1.54) is 0 Å². The van der Waals surface area contributed by atoms with Crippen LogP contribution in [0.15, 0.2) is 0 Å². The number of aromatic nitrogens is 3. The van der Waals surface area contributed by atoms with Gasteiger partial charge in [-0.15, -0.1) is 5.10 Å². The molecule has 1 N–H and O–H groups in total. The van der Waals surface area contributed by atoms with E-state index in [2.05, 4.69) is 10.3 Å². The van der Waals surface area contributed by atoms with E-state index >= 15 is 0 Å². The van der Waals surface area contributed by atoms with Crippen LogP contribution in [0.5, 0.6) is 0 Å². The van der Waals surface area contributed by atoms with E-state index in [9.17, 15) is 9.90 Å². The zero-order valence-corrected chi connectivity index (χ0v) is 10.0. The summed E-state index contributed by atoms with van der Waals surface area (Å²) < 4.78 is 6.76. The molecule has 2 rings (SSSR count). The third kappa shape index (κ3) is 2.53. The summed E-state index contributed by atoms with van der Waals surface area (Å²) in [6.45, 7) is 2.19. The number of ether oxygens (including phenoxy) is 1. The second-order valence-corrected chi connectivity index (χ2v) is 4.44. The molecule has 1 saturated carbocycles. The smallest absolute Gasteiger partial charge is 0.172 e. The van der Waals surface area contributed by atoms with Crippen LogP contribution in [0.1, 0.15) is 42.1 Å². The fraction of sp³-hybridized carbons (Fsp3) is 0.727. The van der Waals surface area contributed by atoms with Gasteiger partial charge in [-0.25, -0.2) is 4.68 Å². The molecule has 17 heavy (non-hydrogen) atoms. The Kier molecular flexibility index (Phi) is 3.54. The van der Waals surface area contributed by atoms with Gasteiger partial charge in [-0.2, -0.15) is 0 Å². The van der Waals surface area contributed by atoms with Crippen LogP contribution in [0.25, 0.3) is 0 Å². The highest BCUT2D eigenvalue weighted by atomic mass is 16.5. The first-order chi connectivity index (χ1) is 8.17. The lowest BCUT2D eigenvalue weighted by molar-refractivity contribution is 0.0947. The van der Waals surface area contributed by atoms with Crippen molar-refractivity contribution in [2.24, 2.45) is 5.92 Å². The Morgan fingerprint density at radius 3 is 2.88 bits per heavy atom. The van der Waals surface area contributed by atoms with E-state index in [-0.39, 0.29) is 11.8 Å². The summed E-state index contributed by atoms with van der Waals surface area (Å²) in [5.74, 6) is 0.365. The highest BCUT2D eigenvalue weighted by Gasteiger charge is 2.31. The number of carbonyl (C=O) groups is 1. The lowest BCUT2D eigenvalue weighted by Crippen LogP contribution is -2.21. The minimum absolute atomic E-state index is 0.267. The summed E-state index contributed by atoms with van der Waals surface area (Å²) >= 11 is 0. The third-order valence-corrected chi connectivity index (χ3v) is 3.18. The molecule has 1 aliphatic carbocycles. The fourth-order valence-corrected chi connectivity index (χ4v) is 1.89. The summed E-state index contributed by atoms with van der Waals surface area (Å²) in [6.07, 6.45) is 2.10. The predicted octanol–water partition coefficient (Wildman–Crippen LogP) is 0.569. The second kappa shape index (κ2) is 4.93. The molecule has 0 aliphatic heterocycles. The summed E-state index contributed by atoms with van der Waals surface area (Å²) in [4.78, 5) is 10.9. The molecular weight excluding hydrogens is 222 g/mol. The molecule has 2 unspecified atom stereocenters. The van der Waals surface area contributed by atoms with Gasteiger partial charge < -0.3 is 9.84 Å². The van der Waals surface area contributed by atoms with E-state index < -0.39 is 6.10 Å². The van der Waals surface area contributed by atoms with Crippen molar-refractivity contribution in [1.29, 1.82) is 0 Å². The Hall–Kier alpha value is -1.27. The molecule has 2 atom stereocenters. The standard InChI is InChI=1S/C11H17N3O3/c1-7(17-2)11-9(6-15)12-13-14(11)5-10(16)8-3-4-8/h6-8,10,16H,3-5H2,1-2H3. The van der Waals surface area contributed by atoms with Crippen molar-refractivity contribution in [1.82, 2.24) is 15.0 Å². The van der Waals surface area contributed by atoms with Gasteiger partial charge in [0.25, 0.3) is 0 Å². The van der Waals surface area contributed by atoms with Crippen LogP contribution < -0.4 is 0 Å². The van der Waals surface area contributed by atoms with Crippen LogP contribution in [0.3, 0.4) is 0 Å². The number of methoxy groups -OCH3 is 1. The molecule has 6 heteroatoms. The van der Waals surface area contributed by atoms with Gasteiger partial charge in [-0.1, -0.05) is 5.21 Å². The normalized spacial score (nSPS) is 19.0. The molecule has 0 saturated heterocycles. The second-order valence-electron chi connectivity index (χ2n) is 4.44. The largest absolute Gasteiger partial charge is 0.391 e. The van der Waals surface area contributed by atoms with E-state index in [0.717, 1.165) is 12.8 Å². The van der Waals surface area contributed by atoms with Crippen LogP contribution in [0, 0.1) is 5.92 Å². The lowest BCUT2D eigenvalue weighted by Gasteiger charge is -2.15. The lowest BCUT2D eigenvalue weighted by atomic mass is 10.2. The predicted molar refractivity (Wildman–Crippen MR) is 59.6 cm³/mol. The first-order valence-corrected chi connectivity index (χ1v) is 5.76. The van der Waals surface area contributed by atoms with E-state index in [4.69, 9.17) is 4.74 Å². The van der Waals surface area contributed by atoms with Crippen LogP contribution in [0.2, 0.25) is 0 Å². The Bertz CT molecular complexity index is 401. The van der Waals surface area contributed by atoms with Crippen molar-refractivity contribution in [3.05, 3.63) is 11.4 Å². The van der Waals surface area contributed by atoms with Crippen LogP contribution in [-0.4, -0.2) is 39.6 Å². The number of aliphatic hydroxyl groups is 1. The molecule has 0 aromatic carbocycles. The average molecular weight is 239 g/mol. The molecule has 1 heterocycles. The SMILES string of the molecule is COC(C)c1c(C=O)nnn1CC(O)C1CC1. The molecule has 0 spiro atoms. The first-order valence-electron chi connectivity index (χ1n) is 5.76. The topological polar surface area (TPSA) is 77.2 Å². The zero-order valence-electron chi connectivity index (χ0n) is 10.0. The summed E-state index contributed by atoms with van der Waals surface area (Å²) in [5.41, 5.74) is 0.907. The number of hydrogen-bond donors (Lipinski definition) is 1. The van der Waals surface area contributed by atoms with Crippen molar-refractivity contribution < 1.29 is 14.6 Å². The Balaban J connectivity index is 2.19. The van der Waals surface area contributed by atoms with Crippen molar-refractivity contribution >= 4 is 6.29 Å². The highest BCUT2D eigenvalue weighted by Crippen LogP contribution is 2.33. The van der Waals surface area contributed by atoms with Gasteiger partial charge in [0.15, 0.2) is 12.0 Å². The minimum Gasteiger partial charge on any atom is -0.391 e. The monoisotopic (exact) mass is 239 g/mol. The summed E-state index contributed by atoms with van der Waals surface area (Å²) in [7, 11) is 1.56.